The summed E-state index contributed by atoms with van der Waals surface area (Å²) in [6, 6.07) is 0. The van der Waals surface area contributed by atoms with Gasteiger partial charge in [-0.3, -0.25) is 9.59 Å². The quantitative estimate of drug-likeness (QED) is 0.753. The fourth-order valence-electron chi connectivity index (χ4n) is 3.50. The number of rotatable bonds is 2. The molecule has 2 fully saturated rings. The number of aliphatic carboxylic acids is 1. The molecule has 1 amide bonds. The van der Waals surface area contributed by atoms with Crippen LogP contribution in [-0.2, 0) is 14.3 Å². The van der Waals surface area contributed by atoms with Crippen molar-refractivity contribution >= 4 is 11.9 Å². The van der Waals surface area contributed by atoms with Crippen LogP contribution >= 0.6 is 0 Å². The first-order valence-corrected chi connectivity index (χ1v) is 6.93. The van der Waals surface area contributed by atoms with Gasteiger partial charge in [0.25, 0.3) is 0 Å². The molecule has 0 unspecified atom stereocenters. The van der Waals surface area contributed by atoms with E-state index in [-0.39, 0.29) is 12.0 Å². The van der Waals surface area contributed by atoms with Crippen molar-refractivity contribution in [3.8, 4) is 0 Å². The molecule has 0 spiro atoms. The normalized spacial score (nSPS) is 40.7. The van der Waals surface area contributed by atoms with Crippen molar-refractivity contribution in [2.45, 2.75) is 32.0 Å². The molecule has 2 bridgehead atoms. The average molecular weight is 265 g/mol. The molecule has 2 saturated heterocycles. The number of hydrogen-bond acceptors (Lipinski definition) is 3. The zero-order valence-corrected chi connectivity index (χ0v) is 11.0. The maximum Gasteiger partial charge on any atom is 0.310 e. The van der Waals surface area contributed by atoms with Crippen LogP contribution in [0.15, 0.2) is 12.2 Å². The molecular weight excluding hydrogens is 246 g/mol. The Morgan fingerprint density at radius 1 is 1.26 bits per heavy atom. The van der Waals surface area contributed by atoms with Gasteiger partial charge in [0, 0.05) is 13.1 Å². The van der Waals surface area contributed by atoms with Gasteiger partial charge in [-0.25, -0.2) is 0 Å². The number of nitrogens with zero attached hydrogens (tertiary/aromatic N) is 1. The summed E-state index contributed by atoms with van der Waals surface area (Å²) in [7, 11) is 0. The SMILES string of the molecule is C[C@@H]1CCCN(C(=O)[C@@H]2[C@@H](C(=O)O)[C@H]3C=C[C@@H]2O3)C1. The molecule has 104 valence electrons. The van der Waals surface area contributed by atoms with Gasteiger partial charge in [0.1, 0.15) is 5.92 Å². The fourth-order valence-corrected chi connectivity index (χ4v) is 3.50. The zero-order valence-electron chi connectivity index (χ0n) is 11.0. The lowest BCUT2D eigenvalue weighted by molar-refractivity contribution is -0.150. The van der Waals surface area contributed by atoms with Gasteiger partial charge in [-0.1, -0.05) is 19.1 Å². The molecule has 19 heavy (non-hydrogen) atoms. The summed E-state index contributed by atoms with van der Waals surface area (Å²) >= 11 is 0. The van der Waals surface area contributed by atoms with Crippen molar-refractivity contribution in [3.05, 3.63) is 12.2 Å². The Labute approximate surface area is 112 Å². The summed E-state index contributed by atoms with van der Waals surface area (Å²) in [6.07, 6.45) is 4.96. The highest BCUT2D eigenvalue weighted by Gasteiger charge is 2.54. The van der Waals surface area contributed by atoms with Crippen LogP contribution in [0.25, 0.3) is 0 Å². The number of carbonyl (C=O) groups is 2. The van der Waals surface area contributed by atoms with Crippen molar-refractivity contribution in [1.82, 2.24) is 4.90 Å². The zero-order chi connectivity index (χ0) is 13.6. The van der Waals surface area contributed by atoms with Crippen molar-refractivity contribution in [2.24, 2.45) is 17.8 Å². The third kappa shape index (κ3) is 2.06. The van der Waals surface area contributed by atoms with Gasteiger partial charge in [0.05, 0.1) is 18.1 Å². The second-order valence-electron chi connectivity index (χ2n) is 5.87. The number of carboxylic acid groups (broad SMARTS) is 1. The van der Waals surface area contributed by atoms with E-state index in [0.29, 0.717) is 5.92 Å². The van der Waals surface area contributed by atoms with Crippen molar-refractivity contribution in [2.75, 3.05) is 13.1 Å². The van der Waals surface area contributed by atoms with Crippen molar-refractivity contribution < 1.29 is 19.4 Å². The van der Waals surface area contributed by atoms with E-state index < -0.39 is 23.9 Å². The molecule has 5 nitrogen and oxygen atoms in total. The van der Waals surface area contributed by atoms with E-state index in [0.717, 1.165) is 25.9 Å². The number of ether oxygens (including phenoxy) is 1. The highest BCUT2D eigenvalue weighted by Crippen LogP contribution is 2.40. The Morgan fingerprint density at radius 2 is 1.95 bits per heavy atom. The molecule has 0 aliphatic carbocycles. The molecule has 1 N–H and O–H groups in total. The lowest BCUT2D eigenvalue weighted by Crippen LogP contribution is -2.48. The minimum Gasteiger partial charge on any atom is -0.481 e. The molecule has 3 aliphatic rings. The highest BCUT2D eigenvalue weighted by atomic mass is 16.5. The van der Waals surface area contributed by atoms with E-state index in [1.54, 1.807) is 6.08 Å². The number of piperidine rings is 1. The van der Waals surface area contributed by atoms with E-state index in [4.69, 9.17) is 4.74 Å². The summed E-state index contributed by atoms with van der Waals surface area (Å²) < 4.78 is 5.56. The van der Waals surface area contributed by atoms with Crippen LogP contribution in [0.3, 0.4) is 0 Å². The van der Waals surface area contributed by atoms with Gasteiger partial charge in [-0.05, 0) is 18.8 Å². The maximum atomic E-state index is 12.6. The Morgan fingerprint density at radius 3 is 2.58 bits per heavy atom. The minimum absolute atomic E-state index is 0.0456. The van der Waals surface area contributed by atoms with Crippen LogP contribution in [0, 0.1) is 17.8 Å². The predicted octanol–water partition coefficient (Wildman–Crippen LogP) is 0.899. The minimum atomic E-state index is -0.930. The first-order chi connectivity index (χ1) is 9.08. The first-order valence-electron chi connectivity index (χ1n) is 6.93. The Hall–Kier alpha value is -1.36. The standard InChI is InChI=1S/C14H19NO4/c1-8-3-2-6-15(7-8)13(16)11-9-4-5-10(19-9)12(11)14(17)18/h4-5,8-12H,2-3,6-7H2,1H3,(H,17,18)/t8-,9+,10-,11+,12+/m1/s1. The molecule has 5 heteroatoms. The second kappa shape index (κ2) is 4.63. The molecular formula is C14H19NO4. The lowest BCUT2D eigenvalue weighted by atomic mass is 9.81. The van der Waals surface area contributed by atoms with E-state index in [1.807, 2.05) is 11.0 Å². The molecule has 5 atom stereocenters. The fraction of sp³-hybridized carbons (Fsp3) is 0.714. The summed E-state index contributed by atoms with van der Waals surface area (Å²) in [5.41, 5.74) is 0. The Bertz CT molecular complexity index is 433. The molecule has 0 radical (unpaired) electrons. The molecule has 0 aromatic rings. The van der Waals surface area contributed by atoms with Crippen LogP contribution in [0.4, 0.5) is 0 Å². The van der Waals surface area contributed by atoms with Crippen LogP contribution < -0.4 is 0 Å². The summed E-state index contributed by atoms with van der Waals surface area (Å²) in [5.74, 6) is -1.75. The average Bonchev–Trinajstić information content (AvgIpc) is 2.97. The first kappa shape index (κ1) is 12.7. The second-order valence-corrected chi connectivity index (χ2v) is 5.87. The molecule has 0 saturated carbocycles. The Kier molecular flexibility index (Phi) is 3.09. The smallest absolute Gasteiger partial charge is 0.310 e. The van der Waals surface area contributed by atoms with E-state index >= 15 is 0 Å². The molecule has 3 rings (SSSR count). The number of likely N-dealkylation sites (tertiary alicyclic amines) is 1. The highest BCUT2D eigenvalue weighted by molar-refractivity contribution is 5.87. The van der Waals surface area contributed by atoms with Gasteiger partial charge >= 0.3 is 5.97 Å². The van der Waals surface area contributed by atoms with Crippen LogP contribution in [-0.4, -0.2) is 47.2 Å². The van der Waals surface area contributed by atoms with Gasteiger partial charge < -0.3 is 14.7 Å². The third-order valence-corrected chi connectivity index (χ3v) is 4.44. The van der Waals surface area contributed by atoms with Crippen LogP contribution in [0.1, 0.15) is 19.8 Å². The Balaban J connectivity index is 1.78. The van der Waals surface area contributed by atoms with Gasteiger partial charge in [-0.2, -0.15) is 0 Å². The maximum absolute atomic E-state index is 12.6. The summed E-state index contributed by atoms with van der Waals surface area (Å²) in [6.45, 7) is 3.61. The predicted molar refractivity (Wildman–Crippen MR) is 67.4 cm³/mol. The van der Waals surface area contributed by atoms with Crippen LogP contribution in [0.5, 0.6) is 0 Å². The lowest BCUT2D eigenvalue weighted by Gasteiger charge is -2.34. The van der Waals surface area contributed by atoms with E-state index in [2.05, 4.69) is 6.92 Å². The number of fused-ring (bicyclic) bond motifs is 2. The number of carbonyl (C=O) groups excluding carboxylic acids is 1. The third-order valence-electron chi connectivity index (χ3n) is 4.44. The number of amides is 1. The van der Waals surface area contributed by atoms with Crippen molar-refractivity contribution in [1.29, 1.82) is 0 Å². The van der Waals surface area contributed by atoms with Gasteiger partial charge in [-0.15, -0.1) is 0 Å². The van der Waals surface area contributed by atoms with E-state index in [1.165, 1.54) is 0 Å². The molecule has 0 aromatic heterocycles. The molecule has 3 aliphatic heterocycles. The van der Waals surface area contributed by atoms with Crippen molar-refractivity contribution in [3.63, 3.8) is 0 Å². The summed E-state index contributed by atoms with van der Waals surface area (Å²) in [5, 5.41) is 9.32. The largest absolute Gasteiger partial charge is 0.481 e. The molecule has 3 heterocycles. The number of carboxylic acids is 1. The topological polar surface area (TPSA) is 66.8 Å². The molecule has 0 aromatic carbocycles. The van der Waals surface area contributed by atoms with Gasteiger partial charge in [0.2, 0.25) is 5.91 Å². The van der Waals surface area contributed by atoms with Gasteiger partial charge in [0.15, 0.2) is 0 Å². The monoisotopic (exact) mass is 265 g/mol. The van der Waals surface area contributed by atoms with E-state index in [9.17, 15) is 14.7 Å². The summed E-state index contributed by atoms with van der Waals surface area (Å²) in [4.78, 5) is 25.8. The number of hydrogen-bond donors (Lipinski definition) is 1. The van der Waals surface area contributed by atoms with Crippen LogP contribution in [0.2, 0.25) is 0 Å².